The standard InChI is InChI=1S/C43H60O9SSi/c1-9-53-42-41(48-28-34-23-17-12-18-24-34)40(47-27-33-21-15-11-16-22-33)39(46-26-32-19-13-10-14-20-32)36(51-42)29-45-37-25-35(52-54(7,8)43(4,5)6)38(30(2)49-37)50-31(3)44/h10-24,30,35-42H,9,25-29H2,1-8H3/t30-,35-,36+,37+,38-,39+,40-,41+,42-/m0/s1. The minimum Gasteiger partial charge on any atom is -0.457 e. The van der Waals surface area contributed by atoms with Crippen LogP contribution in [0.1, 0.15) is 64.7 Å². The fourth-order valence-corrected chi connectivity index (χ4v) is 8.83. The van der Waals surface area contributed by atoms with Crippen LogP contribution in [0.15, 0.2) is 91.0 Å². The smallest absolute Gasteiger partial charge is 0.303 e. The summed E-state index contributed by atoms with van der Waals surface area (Å²) in [7, 11) is -2.24. The van der Waals surface area contributed by atoms with Crippen molar-refractivity contribution < 1.29 is 42.4 Å². The molecule has 0 aliphatic carbocycles. The monoisotopic (exact) mass is 780 g/mol. The van der Waals surface area contributed by atoms with Crippen LogP contribution in [0.4, 0.5) is 0 Å². The molecule has 0 bridgehead atoms. The molecule has 0 aromatic heterocycles. The molecule has 2 fully saturated rings. The first-order valence-electron chi connectivity index (χ1n) is 19.2. The third kappa shape index (κ3) is 12.0. The van der Waals surface area contributed by atoms with Crippen LogP contribution in [0.5, 0.6) is 0 Å². The van der Waals surface area contributed by atoms with E-state index in [9.17, 15) is 4.79 Å². The van der Waals surface area contributed by atoms with Crippen molar-refractivity contribution in [1.29, 1.82) is 0 Å². The first kappa shape index (κ1) is 42.6. The van der Waals surface area contributed by atoms with Gasteiger partial charge in [0.05, 0.1) is 38.6 Å². The lowest BCUT2D eigenvalue weighted by Crippen LogP contribution is -2.61. The van der Waals surface area contributed by atoms with Crippen LogP contribution in [-0.4, -0.2) is 81.1 Å². The van der Waals surface area contributed by atoms with Gasteiger partial charge in [0.25, 0.3) is 0 Å². The van der Waals surface area contributed by atoms with Crippen LogP contribution in [0.25, 0.3) is 0 Å². The lowest BCUT2D eigenvalue weighted by atomic mass is 9.98. The third-order valence-corrected chi connectivity index (χ3v) is 15.9. The van der Waals surface area contributed by atoms with Gasteiger partial charge in [-0.1, -0.05) is 119 Å². The average molecular weight is 781 g/mol. The summed E-state index contributed by atoms with van der Waals surface area (Å²) in [5.41, 5.74) is 2.81. The molecule has 9 atom stereocenters. The van der Waals surface area contributed by atoms with Gasteiger partial charge in [-0.2, -0.15) is 0 Å². The Labute approximate surface area is 327 Å². The molecule has 0 spiro atoms. The van der Waals surface area contributed by atoms with Crippen LogP contribution >= 0.6 is 11.8 Å². The fourth-order valence-electron chi connectivity index (χ4n) is 6.52. The Morgan fingerprint density at radius 3 is 1.72 bits per heavy atom. The quantitative estimate of drug-likeness (QED) is 0.0979. The highest BCUT2D eigenvalue weighted by Gasteiger charge is 2.50. The molecule has 2 heterocycles. The molecule has 5 rings (SSSR count). The van der Waals surface area contributed by atoms with Crippen LogP contribution in [0.3, 0.4) is 0 Å². The van der Waals surface area contributed by atoms with Crippen LogP contribution < -0.4 is 0 Å². The fraction of sp³-hybridized carbons (Fsp3) is 0.558. The van der Waals surface area contributed by atoms with Crippen molar-refractivity contribution in [1.82, 2.24) is 0 Å². The van der Waals surface area contributed by atoms with Gasteiger partial charge in [-0.3, -0.25) is 4.79 Å². The Morgan fingerprint density at radius 2 is 1.24 bits per heavy atom. The minimum atomic E-state index is -2.24. The Bertz CT molecular complexity index is 1540. The second-order valence-electron chi connectivity index (χ2n) is 15.6. The van der Waals surface area contributed by atoms with E-state index < -0.39 is 51.2 Å². The van der Waals surface area contributed by atoms with Crippen molar-refractivity contribution in [3.8, 4) is 0 Å². The number of rotatable bonds is 17. The average Bonchev–Trinajstić information content (AvgIpc) is 3.14. The summed E-state index contributed by atoms with van der Waals surface area (Å²) in [6.07, 6.45) is -3.57. The molecule has 0 saturated carbocycles. The van der Waals surface area contributed by atoms with Gasteiger partial charge in [0.15, 0.2) is 20.7 Å². The molecular formula is C43H60O9SSi. The van der Waals surface area contributed by atoms with Crippen LogP contribution in [0, 0.1) is 0 Å². The summed E-state index contributed by atoms with van der Waals surface area (Å²) < 4.78 is 53.0. The molecule has 11 heteroatoms. The summed E-state index contributed by atoms with van der Waals surface area (Å²) in [4.78, 5) is 12.2. The van der Waals surface area contributed by atoms with Crippen molar-refractivity contribution in [2.45, 2.75) is 140 Å². The summed E-state index contributed by atoms with van der Waals surface area (Å²) in [5.74, 6) is 0.454. The van der Waals surface area contributed by atoms with Crippen LogP contribution in [0.2, 0.25) is 18.1 Å². The Hall–Kier alpha value is -2.58. The zero-order chi connectivity index (χ0) is 38.7. The van der Waals surface area contributed by atoms with Crippen LogP contribution in [-0.2, 0) is 62.2 Å². The van der Waals surface area contributed by atoms with E-state index in [0.29, 0.717) is 26.2 Å². The van der Waals surface area contributed by atoms with Crippen molar-refractivity contribution in [2.75, 3.05) is 12.4 Å². The van der Waals surface area contributed by atoms with E-state index >= 15 is 0 Å². The molecule has 9 nitrogen and oxygen atoms in total. The topological polar surface area (TPSA) is 90.9 Å². The van der Waals surface area contributed by atoms with Crippen molar-refractivity contribution >= 4 is 26.0 Å². The van der Waals surface area contributed by atoms with E-state index in [1.807, 2.05) is 73.7 Å². The van der Waals surface area contributed by atoms with Crippen molar-refractivity contribution in [2.24, 2.45) is 0 Å². The highest BCUT2D eigenvalue weighted by molar-refractivity contribution is 7.99. The predicted octanol–water partition coefficient (Wildman–Crippen LogP) is 8.69. The van der Waals surface area contributed by atoms with E-state index in [0.717, 1.165) is 22.4 Å². The normalized spacial score (nSPS) is 27.7. The van der Waals surface area contributed by atoms with Gasteiger partial charge in [-0.15, -0.1) is 11.8 Å². The molecule has 0 amide bonds. The molecule has 3 aromatic rings. The van der Waals surface area contributed by atoms with Gasteiger partial charge in [-0.25, -0.2) is 0 Å². The van der Waals surface area contributed by atoms with E-state index in [1.54, 1.807) is 11.8 Å². The van der Waals surface area contributed by atoms with E-state index in [2.05, 4.69) is 65.1 Å². The molecule has 0 radical (unpaired) electrons. The minimum absolute atomic E-state index is 0.0369. The molecule has 54 heavy (non-hydrogen) atoms. The number of thioether (sulfide) groups is 1. The summed E-state index contributed by atoms with van der Waals surface area (Å²) in [6, 6.07) is 30.4. The molecule has 0 unspecified atom stereocenters. The number of hydrogen-bond donors (Lipinski definition) is 0. The van der Waals surface area contributed by atoms with Gasteiger partial charge in [0.2, 0.25) is 0 Å². The predicted molar refractivity (Wildman–Crippen MR) is 214 cm³/mol. The maximum atomic E-state index is 12.2. The van der Waals surface area contributed by atoms with E-state index in [4.69, 9.17) is 37.6 Å². The number of hydrogen-bond acceptors (Lipinski definition) is 10. The number of ether oxygens (including phenoxy) is 7. The molecule has 2 aliphatic rings. The Morgan fingerprint density at radius 1 is 0.741 bits per heavy atom. The SMILES string of the molecule is CCS[C@@H]1O[C@H](CO[C@H]2C[C@H](O[Si](C)(C)C(C)(C)C)[C@@H](OC(C)=O)[C@H](C)O2)[C@@H](OCc2ccccc2)[C@H](OCc2ccccc2)[C@H]1OCc1ccccc1. The molecule has 2 saturated heterocycles. The first-order chi connectivity index (χ1) is 25.8. The lowest BCUT2D eigenvalue weighted by molar-refractivity contribution is -0.283. The number of carbonyl (C=O) groups is 1. The zero-order valence-corrected chi connectivity index (χ0v) is 35.0. The van der Waals surface area contributed by atoms with E-state index in [1.165, 1.54) is 6.92 Å². The van der Waals surface area contributed by atoms with E-state index in [-0.39, 0.29) is 29.2 Å². The largest absolute Gasteiger partial charge is 0.457 e. The summed E-state index contributed by atoms with van der Waals surface area (Å²) in [5, 5.41) is -0.0369. The first-order valence-corrected chi connectivity index (χ1v) is 23.2. The zero-order valence-electron chi connectivity index (χ0n) is 33.2. The molecule has 296 valence electrons. The van der Waals surface area contributed by atoms with Crippen molar-refractivity contribution in [3.05, 3.63) is 108 Å². The second-order valence-corrected chi connectivity index (χ2v) is 21.7. The van der Waals surface area contributed by atoms with Gasteiger partial charge in [-0.05, 0) is 47.5 Å². The molecule has 0 N–H and O–H groups in total. The Balaban J connectivity index is 1.41. The number of carbonyl (C=O) groups excluding carboxylic acids is 1. The molecule has 3 aromatic carbocycles. The molecule has 2 aliphatic heterocycles. The number of benzene rings is 3. The maximum Gasteiger partial charge on any atom is 0.303 e. The second kappa shape index (κ2) is 20.0. The van der Waals surface area contributed by atoms with Gasteiger partial charge in [0, 0.05) is 13.3 Å². The van der Waals surface area contributed by atoms with Gasteiger partial charge in [0.1, 0.15) is 29.9 Å². The summed E-state index contributed by atoms with van der Waals surface area (Å²) >= 11 is 1.68. The summed E-state index contributed by atoms with van der Waals surface area (Å²) in [6.45, 7) is 17.8. The third-order valence-electron chi connectivity index (χ3n) is 10.4. The van der Waals surface area contributed by atoms with Crippen molar-refractivity contribution in [3.63, 3.8) is 0 Å². The Kier molecular flexibility index (Phi) is 15.8. The van der Waals surface area contributed by atoms with Gasteiger partial charge < -0.3 is 37.6 Å². The highest BCUT2D eigenvalue weighted by atomic mass is 32.2. The van der Waals surface area contributed by atoms with Gasteiger partial charge >= 0.3 is 5.97 Å². The maximum absolute atomic E-state index is 12.2. The highest BCUT2D eigenvalue weighted by Crippen LogP contribution is 2.40. The molecular weight excluding hydrogens is 721 g/mol. The lowest BCUT2D eigenvalue weighted by Gasteiger charge is -2.47. The number of esters is 1.